The van der Waals surface area contributed by atoms with Crippen molar-refractivity contribution >= 4 is 27.4 Å². The SMILES string of the molecule is O=C(NCCNc1ccccc1[N+](=O)[O-])N1CCCN(S(=O)(=O)c2ccc(F)cc2)CC1. The third-order valence-electron chi connectivity index (χ3n) is 5.01. The van der Waals surface area contributed by atoms with E-state index in [2.05, 4.69) is 10.6 Å². The van der Waals surface area contributed by atoms with Crippen LogP contribution in [0.1, 0.15) is 6.42 Å². The van der Waals surface area contributed by atoms with Gasteiger partial charge in [0.1, 0.15) is 11.5 Å². The Morgan fingerprint density at radius 3 is 2.47 bits per heavy atom. The number of amides is 2. The number of rotatable bonds is 7. The Kier molecular flexibility index (Phi) is 7.59. The molecule has 172 valence electrons. The maximum Gasteiger partial charge on any atom is 0.317 e. The van der Waals surface area contributed by atoms with Crippen molar-refractivity contribution in [2.75, 3.05) is 44.6 Å². The highest BCUT2D eigenvalue weighted by molar-refractivity contribution is 7.89. The summed E-state index contributed by atoms with van der Waals surface area (Å²) >= 11 is 0. The summed E-state index contributed by atoms with van der Waals surface area (Å²) in [5.74, 6) is -0.515. The van der Waals surface area contributed by atoms with Gasteiger partial charge in [-0.15, -0.1) is 0 Å². The van der Waals surface area contributed by atoms with E-state index in [1.807, 2.05) is 0 Å². The van der Waals surface area contributed by atoms with E-state index in [1.54, 1.807) is 18.2 Å². The van der Waals surface area contributed by atoms with E-state index in [1.165, 1.54) is 27.4 Å². The van der Waals surface area contributed by atoms with Crippen molar-refractivity contribution in [1.82, 2.24) is 14.5 Å². The molecule has 2 aromatic carbocycles. The highest BCUT2D eigenvalue weighted by Gasteiger charge is 2.28. The minimum atomic E-state index is -3.77. The molecular weight excluding hydrogens is 441 g/mol. The molecular formula is C20H24FN5O5S. The third kappa shape index (κ3) is 5.71. The topological polar surface area (TPSA) is 125 Å². The quantitative estimate of drug-likeness (QED) is 0.367. The fourth-order valence-electron chi connectivity index (χ4n) is 3.35. The number of carbonyl (C=O) groups is 1. The lowest BCUT2D eigenvalue weighted by molar-refractivity contribution is -0.384. The van der Waals surface area contributed by atoms with Crippen LogP contribution < -0.4 is 10.6 Å². The minimum Gasteiger partial charge on any atom is -0.378 e. The van der Waals surface area contributed by atoms with Crippen LogP contribution in [0.25, 0.3) is 0 Å². The standard InChI is InChI=1S/C20H24FN5O5S/c21-16-6-8-17(9-7-16)32(30,31)25-13-3-12-24(14-15-25)20(27)23-11-10-22-18-4-1-2-5-19(18)26(28)29/h1-2,4-9,22H,3,10-15H2,(H,23,27). The fraction of sp³-hybridized carbons (Fsp3) is 0.350. The molecule has 1 saturated heterocycles. The first-order chi connectivity index (χ1) is 15.3. The van der Waals surface area contributed by atoms with Crippen molar-refractivity contribution in [3.63, 3.8) is 0 Å². The van der Waals surface area contributed by atoms with Gasteiger partial charge < -0.3 is 15.5 Å². The largest absolute Gasteiger partial charge is 0.378 e. The van der Waals surface area contributed by atoms with Crippen LogP contribution in [0, 0.1) is 15.9 Å². The van der Waals surface area contributed by atoms with Gasteiger partial charge in [-0.1, -0.05) is 12.1 Å². The Hall–Kier alpha value is -3.25. The molecule has 1 fully saturated rings. The average molecular weight is 466 g/mol. The zero-order valence-electron chi connectivity index (χ0n) is 17.2. The molecule has 2 aromatic rings. The molecule has 2 amide bonds. The highest BCUT2D eigenvalue weighted by atomic mass is 32.2. The van der Waals surface area contributed by atoms with Gasteiger partial charge in [0.2, 0.25) is 10.0 Å². The number of para-hydroxylation sites is 2. The molecule has 1 aliphatic rings. The van der Waals surface area contributed by atoms with E-state index in [0.717, 1.165) is 12.1 Å². The molecule has 1 heterocycles. The molecule has 0 aliphatic carbocycles. The van der Waals surface area contributed by atoms with Gasteiger partial charge in [-0.25, -0.2) is 17.6 Å². The molecule has 0 atom stereocenters. The van der Waals surface area contributed by atoms with Crippen molar-refractivity contribution in [2.24, 2.45) is 0 Å². The van der Waals surface area contributed by atoms with Crippen molar-refractivity contribution < 1.29 is 22.5 Å². The van der Waals surface area contributed by atoms with E-state index in [0.29, 0.717) is 18.7 Å². The molecule has 10 nitrogen and oxygen atoms in total. The smallest absolute Gasteiger partial charge is 0.317 e. The number of halogens is 1. The van der Waals surface area contributed by atoms with Crippen LogP contribution in [-0.2, 0) is 10.0 Å². The summed E-state index contributed by atoms with van der Waals surface area (Å²) in [4.78, 5) is 24.6. The van der Waals surface area contributed by atoms with E-state index < -0.39 is 20.8 Å². The van der Waals surface area contributed by atoms with Gasteiger partial charge in [-0.3, -0.25) is 10.1 Å². The molecule has 1 aliphatic heterocycles. The first-order valence-electron chi connectivity index (χ1n) is 10.0. The number of nitro benzene ring substituents is 1. The second-order valence-corrected chi connectivity index (χ2v) is 9.07. The van der Waals surface area contributed by atoms with Crippen LogP contribution in [0.5, 0.6) is 0 Å². The molecule has 3 rings (SSSR count). The molecule has 32 heavy (non-hydrogen) atoms. The summed E-state index contributed by atoms with van der Waals surface area (Å²) in [7, 11) is -3.77. The van der Waals surface area contributed by atoms with Gasteiger partial charge in [-0.05, 0) is 36.8 Å². The number of sulfonamides is 1. The van der Waals surface area contributed by atoms with Crippen LogP contribution in [0.4, 0.5) is 20.6 Å². The van der Waals surface area contributed by atoms with Crippen molar-refractivity contribution in [1.29, 1.82) is 0 Å². The first kappa shape index (κ1) is 23.4. The molecule has 0 spiro atoms. The maximum atomic E-state index is 13.1. The molecule has 0 saturated carbocycles. The fourth-order valence-corrected chi connectivity index (χ4v) is 4.82. The van der Waals surface area contributed by atoms with Crippen LogP contribution in [0.3, 0.4) is 0 Å². The van der Waals surface area contributed by atoms with E-state index in [-0.39, 0.29) is 49.3 Å². The second kappa shape index (κ2) is 10.4. The highest BCUT2D eigenvalue weighted by Crippen LogP contribution is 2.22. The third-order valence-corrected chi connectivity index (χ3v) is 6.92. The average Bonchev–Trinajstić information content (AvgIpc) is 3.04. The zero-order chi connectivity index (χ0) is 23.1. The Balaban J connectivity index is 1.49. The summed E-state index contributed by atoms with van der Waals surface area (Å²) in [5.41, 5.74) is 0.317. The lowest BCUT2D eigenvalue weighted by Crippen LogP contribution is -2.43. The Labute approximate surface area is 185 Å². The Bertz CT molecular complexity index is 1060. The normalized spacial score (nSPS) is 15.1. The van der Waals surface area contributed by atoms with Crippen LogP contribution in [0.2, 0.25) is 0 Å². The number of benzene rings is 2. The molecule has 0 radical (unpaired) electrons. The van der Waals surface area contributed by atoms with Crippen LogP contribution in [-0.4, -0.2) is 67.8 Å². The van der Waals surface area contributed by atoms with Gasteiger partial charge in [0.15, 0.2) is 0 Å². The van der Waals surface area contributed by atoms with Crippen LogP contribution >= 0.6 is 0 Å². The van der Waals surface area contributed by atoms with Gasteiger partial charge in [0, 0.05) is 45.3 Å². The van der Waals surface area contributed by atoms with E-state index in [4.69, 9.17) is 0 Å². The lowest BCUT2D eigenvalue weighted by atomic mass is 10.2. The van der Waals surface area contributed by atoms with Crippen molar-refractivity contribution in [3.05, 3.63) is 64.5 Å². The molecule has 2 N–H and O–H groups in total. The van der Waals surface area contributed by atoms with Crippen molar-refractivity contribution in [3.8, 4) is 0 Å². The summed E-state index contributed by atoms with van der Waals surface area (Å²) in [6.45, 7) is 1.50. The number of urea groups is 1. The molecule has 0 bridgehead atoms. The van der Waals surface area contributed by atoms with E-state index >= 15 is 0 Å². The number of anilines is 1. The summed E-state index contributed by atoms with van der Waals surface area (Å²) in [6, 6.07) is 10.5. The number of carbonyl (C=O) groups excluding carboxylic acids is 1. The Morgan fingerprint density at radius 1 is 1.03 bits per heavy atom. The summed E-state index contributed by atoms with van der Waals surface area (Å²) < 4.78 is 40.0. The van der Waals surface area contributed by atoms with Gasteiger partial charge >= 0.3 is 6.03 Å². The van der Waals surface area contributed by atoms with Gasteiger partial charge in [0.25, 0.3) is 5.69 Å². The second-order valence-electron chi connectivity index (χ2n) is 7.13. The predicted octanol–water partition coefficient (Wildman–Crippen LogP) is 2.25. The minimum absolute atomic E-state index is 0.0119. The van der Waals surface area contributed by atoms with Crippen LogP contribution in [0.15, 0.2) is 53.4 Å². The Morgan fingerprint density at radius 2 is 1.75 bits per heavy atom. The lowest BCUT2D eigenvalue weighted by Gasteiger charge is -2.22. The predicted molar refractivity (Wildman–Crippen MR) is 116 cm³/mol. The first-order valence-corrected chi connectivity index (χ1v) is 11.5. The number of hydrogen-bond donors (Lipinski definition) is 2. The molecule has 12 heteroatoms. The number of nitrogens with one attached hydrogen (secondary N) is 2. The number of nitrogens with zero attached hydrogens (tertiary/aromatic N) is 3. The van der Waals surface area contributed by atoms with Gasteiger partial charge in [-0.2, -0.15) is 4.31 Å². The maximum absolute atomic E-state index is 13.1. The number of hydrogen-bond acceptors (Lipinski definition) is 6. The molecule has 0 aromatic heterocycles. The summed E-state index contributed by atoms with van der Waals surface area (Å²) in [6.07, 6.45) is 0.461. The summed E-state index contributed by atoms with van der Waals surface area (Å²) in [5, 5.41) is 16.7. The van der Waals surface area contributed by atoms with Gasteiger partial charge in [0.05, 0.1) is 9.82 Å². The van der Waals surface area contributed by atoms with Crippen molar-refractivity contribution in [2.45, 2.75) is 11.3 Å². The van der Waals surface area contributed by atoms with E-state index in [9.17, 15) is 27.7 Å². The monoisotopic (exact) mass is 465 g/mol. The zero-order valence-corrected chi connectivity index (χ0v) is 18.1. The number of nitro groups is 1. The molecule has 0 unspecified atom stereocenters.